The van der Waals surface area contributed by atoms with Gasteiger partial charge in [0.15, 0.2) is 6.10 Å². The topological polar surface area (TPSA) is 29.5 Å². The van der Waals surface area contributed by atoms with Gasteiger partial charge in [0.2, 0.25) is 0 Å². The summed E-state index contributed by atoms with van der Waals surface area (Å²) in [6.07, 6.45) is -4.91. The number of nitrogens with zero attached hydrogens (tertiary/aromatic N) is 1. The van der Waals surface area contributed by atoms with Crippen LogP contribution in [0.4, 0.5) is 13.2 Å². The largest absolute Gasteiger partial charge is 0.483 e. The third-order valence-corrected chi connectivity index (χ3v) is 6.92. The predicted molar refractivity (Wildman–Crippen MR) is 138 cm³/mol. The summed E-state index contributed by atoms with van der Waals surface area (Å²) in [7, 11) is 2.07. The second kappa shape index (κ2) is 11.7. The van der Waals surface area contributed by atoms with Gasteiger partial charge in [-0.05, 0) is 93.4 Å². The van der Waals surface area contributed by atoms with Gasteiger partial charge in [0.05, 0.1) is 5.54 Å². The van der Waals surface area contributed by atoms with E-state index in [2.05, 4.69) is 18.9 Å². The number of carbonyl (C=O) groups is 1. The molecule has 0 aromatic heterocycles. The van der Waals surface area contributed by atoms with Crippen LogP contribution in [0.5, 0.6) is 5.75 Å². The Kier molecular flexibility index (Phi) is 9.09. The monoisotopic (exact) mass is 537 g/mol. The smallest absolute Gasteiger partial charge is 0.453 e. The van der Waals surface area contributed by atoms with Crippen LogP contribution >= 0.6 is 23.2 Å². The van der Waals surface area contributed by atoms with Gasteiger partial charge < -0.3 is 4.74 Å². The first-order valence-electron chi connectivity index (χ1n) is 11.5. The number of halogens is 5. The van der Waals surface area contributed by atoms with Crippen molar-refractivity contribution >= 4 is 29.0 Å². The van der Waals surface area contributed by atoms with Gasteiger partial charge in [0.1, 0.15) is 5.75 Å². The fourth-order valence-electron chi connectivity index (χ4n) is 4.12. The minimum atomic E-state index is -4.92. The normalized spacial score (nSPS) is 13.0. The third kappa shape index (κ3) is 6.81. The zero-order chi connectivity index (χ0) is 26.5. The first-order valence-corrected chi connectivity index (χ1v) is 12.3. The van der Waals surface area contributed by atoms with Crippen molar-refractivity contribution in [1.82, 2.24) is 4.90 Å². The van der Waals surface area contributed by atoms with Crippen LogP contribution in [0.3, 0.4) is 0 Å². The van der Waals surface area contributed by atoms with E-state index in [1.807, 2.05) is 48.5 Å². The van der Waals surface area contributed by atoms with E-state index in [1.165, 1.54) is 0 Å². The lowest BCUT2D eigenvalue weighted by Gasteiger charge is -2.40. The molecule has 1 atom stereocenters. The summed E-state index contributed by atoms with van der Waals surface area (Å²) in [6.45, 7) is 4.03. The summed E-state index contributed by atoms with van der Waals surface area (Å²) >= 11 is 12.3. The lowest BCUT2D eigenvalue weighted by molar-refractivity contribution is -0.177. The highest BCUT2D eigenvalue weighted by Gasteiger charge is 2.42. The molecule has 3 aromatic carbocycles. The summed E-state index contributed by atoms with van der Waals surface area (Å²) in [5.74, 6) is -1.68. The SMILES string of the molecule is C[C@H](Oc1ccc(CCCN(C)C(C)(c2ccc(Cl)cc2)c2ccc(Cl)cc2)cc1)C(=O)C(F)(F)F. The molecule has 0 saturated carbocycles. The van der Waals surface area contributed by atoms with Crippen molar-refractivity contribution in [1.29, 1.82) is 0 Å². The van der Waals surface area contributed by atoms with Crippen LogP contribution in [0.2, 0.25) is 10.0 Å². The molecule has 3 nitrogen and oxygen atoms in total. The lowest BCUT2D eigenvalue weighted by atomic mass is 9.83. The zero-order valence-corrected chi connectivity index (χ0v) is 21.8. The zero-order valence-electron chi connectivity index (χ0n) is 20.3. The van der Waals surface area contributed by atoms with Crippen LogP contribution in [0.1, 0.15) is 37.0 Å². The van der Waals surface area contributed by atoms with Crippen LogP contribution < -0.4 is 4.74 Å². The second-order valence-electron chi connectivity index (χ2n) is 8.88. The summed E-state index contributed by atoms with van der Waals surface area (Å²) in [5, 5.41) is 1.34. The Morgan fingerprint density at radius 3 is 1.81 bits per heavy atom. The van der Waals surface area contributed by atoms with Crippen molar-refractivity contribution in [2.24, 2.45) is 0 Å². The minimum absolute atomic E-state index is 0.221. The van der Waals surface area contributed by atoms with Crippen LogP contribution in [-0.2, 0) is 16.8 Å². The van der Waals surface area contributed by atoms with E-state index < -0.39 is 23.6 Å². The standard InChI is InChI=1S/C28H28Cl2F3NO2/c1-19(26(35)28(31,32)33)36-25-16-6-20(7-17-25)5-4-18-34(3)27(2,21-8-12-23(29)13-9-21)22-10-14-24(30)15-11-22/h6-17,19H,4-5,18H2,1-3H3/t19-/m0/s1. The molecule has 0 amide bonds. The number of alkyl halides is 3. The van der Waals surface area contributed by atoms with Gasteiger partial charge in [0.25, 0.3) is 5.78 Å². The third-order valence-electron chi connectivity index (χ3n) is 6.42. The van der Waals surface area contributed by atoms with Crippen molar-refractivity contribution < 1.29 is 22.7 Å². The molecular weight excluding hydrogens is 510 g/mol. The molecule has 0 aliphatic carbocycles. The molecule has 0 spiro atoms. The molecule has 0 saturated heterocycles. The maximum Gasteiger partial charge on any atom is 0.453 e. The molecular formula is C28H28Cl2F3NO2. The van der Waals surface area contributed by atoms with Gasteiger partial charge in [-0.3, -0.25) is 9.69 Å². The first kappa shape index (κ1) is 28.0. The Labute approximate surface area is 219 Å². The Morgan fingerprint density at radius 2 is 1.36 bits per heavy atom. The Hall–Kier alpha value is -2.54. The van der Waals surface area contributed by atoms with Gasteiger partial charge >= 0.3 is 6.18 Å². The van der Waals surface area contributed by atoms with E-state index in [0.717, 1.165) is 43.0 Å². The molecule has 0 aliphatic rings. The van der Waals surface area contributed by atoms with Gasteiger partial charge in [-0.25, -0.2) is 0 Å². The highest BCUT2D eigenvalue weighted by Crippen LogP contribution is 2.36. The number of hydrogen-bond acceptors (Lipinski definition) is 3. The number of carbonyl (C=O) groups excluding carboxylic acids is 1. The van der Waals surface area contributed by atoms with Crippen LogP contribution in [0, 0.1) is 0 Å². The van der Waals surface area contributed by atoms with Gasteiger partial charge in [-0.2, -0.15) is 13.2 Å². The molecule has 3 aromatic rings. The van der Waals surface area contributed by atoms with Crippen molar-refractivity contribution in [2.75, 3.05) is 13.6 Å². The Balaban J connectivity index is 1.66. The van der Waals surface area contributed by atoms with Crippen molar-refractivity contribution in [3.8, 4) is 5.75 Å². The molecule has 3 rings (SSSR count). The van der Waals surface area contributed by atoms with Crippen molar-refractivity contribution in [2.45, 2.75) is 44.5 Å². The van der Waals surface area contributed by atoms with Gasteiger partial charge in [0, 0.05) is 10.0 Å². The summed E-state index contributed by atoms with van der Waals surface area (Å²) in [5.41, 5.74) is 2.79. The molecule has 8 heteroatoms. The molecule has 192 valence electrons. The molecule has 0 radical (unpaired) electrons. The Bertz CT molecular complexity index is 1100. The molecule has 0 bridgehead atoms. The number of ketones is 1. The predicted octanol–water partition coefficient (Wildman–Crippen LogP) is 7.72. The minimum Gasteiger partial charge on any atom is -0.483 e. The van der Waals surface area contributed by atoms with Crippen LogP contribution in [0.15, 0.2) is 72.8 Å². The van der Waals surface area contributed by atoms with Crippen LogP contribution in [0.25, 0.3) is 0 Å². The van der Waals surface area contributed by atoms with Crippen molar-refractivity contribution in [3.63, 3.8) is 0 Å². The Morgan fingerprint density at radius 1 is 0.889 bits per heavy atom. The quantitative estimate of drug-likeness (QED) is 0.265. The van der Waals surface area contributed by atoms with Crippen LogP contribution in [-0.4, -0.2) is 36.6 Å². The molecule has 0 unspecified atom stereocenters. The van der Waals surface area contributed by atoms with E-state index in [-0.39, 0.29) is 5.75 Å². The average Bonchev–Trinajstić information content (AvgIpc) is 2.84. The fourth-order valence-corrected chi connectivity index (χ4v) is 4.38. The summed E-state index contributed by atoms with van der Waals surface area (Å²) in [6, 6.07) is 22.4. The number of aryl methyl sites for hydroxylation is 1. The molecule has 0 aliphatic heterocycles. The number of rotatable bonds is 10. The van der Waals surface area contributed by atoms with E-state index in [9.17, 15) is 18.0 Å². The maximum atomic E-state index is 12.6. The molecule has 0 N–H and O–H groups in total. The number of Topliss-reactive ketones (excluding diaryl/α,β-unsaturated/α-hetero) is 1. The molecule has 0 fully saturated rings. The maximum absolute atomic E-state index is 12.6. The van der Waals surface area contributed by atoms with E-state index in [1.54, 1.807) is 24.3 Å². The highest BCUT2D eigenvalue weighted by molar-refractivity contribution is 6.30. The van der Waals surface area contributed by atoms with Gasteiger partial charge in [-0.1, -0.05) is 59.6 Å². The van der Waals surface area contributed by atoms with E-state index in [4.69, 9.17) is 27.9 Å². The van der Waals surface area contributed by atoms with Gasteiger partial charge in [-0.15, -0.1) is 0 Å². The second-order valence-corrected chi connectivity index (χ2v) is 9.75. The fraction of sp³-hybridized carbons (Fsp3) is 0.321. The lowest BCUT2D eigenvalue weighted by Crippen LogP contribution is -2.42. The number of benzene rings is 3. The van der Waals surface area contributed by atoms with E-state index in [0.29, 0.717) is 10.0 Å². The van der Waals surface area contributed by atoms with E-state index >= 15 is 0 Å². The summed E-state index contributed by atoms with van der Waals surface area (Å²) in [4.78, 5) is 13.6. The number of hydrogen-bond donors (Lipinski definition) is 0. The highest BCUT2D eigenvalue weighted by atomic mass is 35.5. The molecule has 0 heterocycles. The summed E-state index contributed by atoms with van der Waals surface area (Å²) < 4.78 is 42.8. The van der Waals surface area contributed by atoms with Crippen molar-refractivity contribution in [3.05, 3.63) is 99.5 Å². The molecule has 36 heavy (non-hydrogen) atoms. The first-order chi connectivity index (χ1) is 16.9. The number of ether oxygens (including phenoxy) is 1. The average molecular weight is 538 g/mol.